The molecule has 8 heteroatoms. The van der Waals surface area contributed by atoms with Gasteiger partial charge in [0.05, 0.1) is 18.3 Å². The predicted molar refractivity (Wildman–Crippen MR) is 75.3 cm³/mol. The van der Waals surface area contributed by atoms with E-state index in [9.17, 15) is 13.2 Å². The van der Waals surface area contributed by atoms with E-state index in [4.69, 9.17) is 4.74 Å². The summed E-state index contributed by atoms with van der Waals surface area (Å²) in [7, 11) is 1.47. The highest BCUT2D eigenvalue weighted by Crippen LogP contribution is 2.31. The lowest BCUT2D eigenvalue weighted by Gasteiger charge is -2.07. The number of aryl methyl sites for hydroxylation is 1. The molecule has 2 aromatic rings. The first-order valence-corrected chi connectivity index (χ1v) is 7.19. The SMILES string of the molecule is CC.Cn1nc(C(F)(F)F)cc1-c1ccn(C2CCOC2)n1. The van der Waals surface area contributed by atoms with E-state index in [1.165, 1.54) is 11.7 Å². The summed E-state index contributed by atoms with van der Waals surface area (Å²) in [6.07, 6.45) is -1.83. The number of hydrogen-bond acceptors (Lipinski definition) is 3. The van der Waals surface area contributed by atoms with E-state index in [0.29, 0.717) is 24.6 Å². The fourth-order valence-corrected chi connectivity index (χ4v) is 2.25. The summed E-state index contributed by atoms with van der Waals surface area (Å²) >= 11 is 0. The molecule has 0 radical (unpaired) electrons. The molecule has 1 unspecified atom stereocenters. The van der Waals surface area contributed by atoms with Crippen molar-refractivity contribution < 1.29 is 17.9 Å². The first-order chi connectivity index (χ1) is 10.4. The zero-order chi connectivity index (χ0) is 16.3. The van der Waals surface area contributed by atoms with Crippen LogP contribution in [0.3, 0.4) is 0 Å². The van der Waals surface area contributed by atoms with Crippen LogP contribution in [0.5, 0.6) is 0 Å². The van der Waals surface area contributed by atoms with E-state index in [-0.39, 0.29) is 6.04 Å². The molecule has 5 nitrogen and oxygen atoms in total. The summed E-state index contributed by atoms with van der Waals surface area (Å²) < 4.78 is 46.1. The van der Waals surface area contributed by atoms with Crippen molar-refractivity contribution in [2.75, 3.05) is 13.2 Å². The Morgan fingerprint density at radius 3 is 2.55 bits per heavy atom. The number of rotatable bonds is 2. The fraction of sp³-hybridized carbons (Fsp3) is 0.571. The maximum Gasteiger partial charge on any atom is 0.435 e. The van der Waals surface area contributed by atoms with E-state index in [0.717, 1.165) is 12.5 Å². The highest BCUT2D eigenvalue weighted by atomic mass is 19.4. The quantitative estimate of drug-likeness (QED) is 0.854. The highest BCUT2D eigenvalue weighted by Gasteiger charge is 2.35. The average Bonchev–Trinajstić information content (AvgIpc) is 3.19. The molecule has 1 atom stereocenters. The van der Waals surface area contributed by atoms with Gasteiger partial charge in [0.1, 0.15) is 5.69 Å². The molecule has 1 saturated heterocycles. The van der Waals surface area contributed by atoms with Crippen LogP contribution < -0.4 is 0 Å². The Morgan fingerprint density at radius 1 is 1.27 bits per heavy atom. The third-order valence-electron chi connectivity index (χ3n) is 3.32. The molecule has 0 aliphatic carbocycles. The first kappa shape index (κ1) is 16.5. The first-order valence-electron chi connectivity index (χ1n) is 7.19. The minimum absolute atomic E-state index is 0.152. The van der Waals surface area contributed by atoms with Crippen molar-refractivity contribution in [1.29, 1.82) is 0 Å². The average molecular weight is 316 g/mol. The van der Waals surface area contributed by atoms with Crippen LogP contribution >= 0.6 is 0 Å². The van der Waals surface area contributed by atoms with Gasteiger partial charge in [-0.1, -0.05) is 13.8 Å². The van der Waals surface area contributed by atoms with Gasteiger partial charge in [0.15, 0.2) is 5.69 Å². The van der Waals surface area contributed by atoms with Crippen LogP contribution in [-0.4, -0.2) is 32.8 Å². The van der Waals surface area contributed by atoms with Crippen molar-refractivity contribution in [2.45, 2.75) is 32.5 Å². The van der Waals surface area contributed by atoms with Gasteiger partial charge in [-0.2, -0.15) is 23.4 Å². The van der Waals surface area contributed by atoms with Gasteiger partial charge in [0.2, 0.25) is 0 Å². The van der Waals surface area contributed by atoms with Gasteiger partial charge in [0.25, 0.3) is 0 Å². The molecule has 1 aliphatic heterocycles. The smallest absolute Gasteiger partial charge is 0.379 e. The molecule has 0 bridgehead atoms. The van der Waals surface area contributed by atoms with Gasteiger partial charge in [-0.25, -0.2) is 0 Å². The molecule has 0 saturated carbocycles. The lowest BCUT2D eigenvalue weighted by molar-refractivity contribution is -0.141. The third kappa shape index (κ3) is 3.32. The Balaban J connectivity index is 0.000000847. The maximum atomic E-state index is 12.6. The molecule has 122 valence electrons. The summed E-state index contributed by atoms with van der Waals surface area (Å²) in [4.78, 5) is 0. The number of halogens is 3. The summed E-state index contributed by atoms with van der Waals surface area (Å²) in [6, 6.07) is 2.85. The van der Waals surface area contributed by atoms with E-state index >= 15 is 0 Å². The maximum absolute atomic E-state index is 12.6. The summed E-state index contributed by atoms with van der Waals surface area (Å²) in [5, 5.41) is 7.81. The van der Waals surface area contributed by atoms with Crippen LogP contribution in [-0.2, 0) is 18.0 Å². The minimum atomic E-state index is -4.45. The fourth-order valence-electron chi connectivity index (χ4n) is 2.25. The zero-order valence-corrected chi connectivity index (χ0v) is 12.8. The van der Waals surface area contributed by atoms with E-state index < -0.39 is 11.9 Å². The van der Waals surface area contributed by atoms with Crippen LogP contribution in [0.25, 0.3) is 11.4 Å². The number of alkyl halides is 3. The Bertz CT molecular complexity index is 612. The predicted octanol–water partition coefficient (Wildman–Crippen LogP) is 3.29. The van der Waals surface area contributed by atoms with E-state index in [1.54, 1.807) is 16.9 Å². The lowest BCUT2D eigenvalue weighted by atomic mass is 10.3. The Hall–Kier alpha value is -1.83. The third-order valence-corrected chi connectivity index (χ3v) is 3.32. The summed E-state index contributed by atoms with van der Waals surface area (Å²) in [5.41, 5.74) is -0.0915. The normalized spacial score (nSPS) is 18.2. The summed E-state index contributed by atoms with van der Waals surface area (Å²) in [5.74, 6) is 0. The van der Waals surface area contributed by atoms with Gasteiger partial charge in [-0.3, -0.25) is 9.36 Å². The zero-order valence-electron chi connectivity index (χ0n) is 12.8. The number of nitrogens with zero attached hydrogens (tertiary/aromatic N) is 4. The van der Waals surface area contributed by atoms with Crippen molar-refractivity contribution in [3.8, 4) is 11.4 Å². The van der Waals surface area contributed by atoms with Gasteiger partial charge in [-0.05, 0) is 18.6 Å². The van der Waals surface area contributed by atoms with Crippen LogP contribution in [0.1, 0.15) is 32.0 Å². The largest absolute Gasteiger partial charge is 0.435 e. The molecular formula is C14H19F3N4O. The van der Waals surface area contributed by atoms with Gasteiger partial charge < -0.3 is 4.74 Å². The van der Waals surface area contributed by atoms with Crippen molar-refractivity contribution in [3.05, 3.63) is 24.0 Å². The topological polar surface area (TPSA) is 44.9 Å². The Kier molecular flexibility index (Phi) is 4.90. The number of aromatic nitrogens is 4. The molecule has 0 spiro atoms. The molecule has 3 rings (SSSR count). The molecule has 0 aromatic carbocycles. The Labute approximate surface area is 126 Å². The van der Waals surface area contributed by atoms with Crippen molar-refractivity contribution in [3.63, 3.8) is 0 Å². The van der Waals surface area contributed by atoms with Gasteiger partial charge in [0, 0.05) is 19.9 Å². The van der Waals surface area contributed by atoms with Crippen LogP contribution in [0.2, 0.25) is 0 Å². The molecule has 1 aliphatic rings. The van der Waals surface area contributed by atoms with Crippen LogP contribution in [0.15, 0.2) is 18.3 Å². The second-order valence-electron chi connectivity index (χ2n) is 4.73. The van der Waals surface area contributed by atoms with Gasteiger partial charge in [-0.15, -0.1) is 0 Å². The summed E-state index contributed by atoms with van der Waals surface area (Å²) in [6.45, 7) is 5.27. The molecule has 3 heterocycles. The highest BCUT2D eigenvalue weighted by molar-refractivity contribution is 5.54. The standard InChI is InChI=1S/C12H13F3N4O.C2H6/c1-18-10(6-11(17-18)12(13,14)15)9-2-4-19(16-9)8-3-5-20-7-8;1-2/h2,4,6,8H,3,5,7H2,1H3;1-2H3. The molecule has 0 N–H and O–H groups in total. The van der Waals surface area contributed by atoms with E-state index in [2.05, 4.69) is 10.2 Å². The van der Waals surface area contributed by atoms with E-state index in [1.807, 2.05) is 13.8 Å². The van der Waals surface area contributed by atoms with Gasteiger partial charge >= 0.3 is 6.18 Å². The van der Waals surface area contributed by atoms with Crippen molar-refractivity contribution in [2.24, 2.45) is 7.05 Å². The molecule has 0 amide bonds. The van der Waals surface area contributed by atoms with Crippen molar-refractivity contribution >= 4 is 0 Å². The van der Waals surface area contributed by atoms with Crippen LogP contribution in [0, 0.1) is 0 Å². The second kappa shape index (κ2) is 6.51. The Morgan fingerprint density at radius 2 is 2.00 bits per heavy atom. The second-order valence-corrected chi connectivity index (χ2v) is 4.73. The van der Waals surface area contributed by atoms with Crippen molar-refractivity contribution in [1.82, 2.24) is 19.6 Å². The lowest BCUT2D eigenvalue weighted by Crippen LogP contribution is -2.09. The monoisotopic (exact) mass is 316 g/mol. The molecular weight excluding hydrogens is 297 g/mol. The molecule has 2 aromatic heterocycles. The van der Waals surface area contributed by atoms with Crippen LogP contribution in [0.4, 0.5) is 13.2 Å². The number of hydrogen-bond donors (Lipinski definition) is 0. The number of ether oxygens (including phenoxy) is 1. The minimum Gasteiger partial charge on any atom is -0.379 e. The molecule has 1 fully saturated rings. The molecule has 22 heavy (non-hydrogen) atoms.